The van der Waals surface area contributed by atoms with Gasteiger partial charge in [0.1, 0.15) is 11.6 Å². The summed E-state index contributed by atoms with van der Waals surface area (Å²) in [4.78, 5) is 31.6. The van der Waals surface area contributed by atoms with Crippen molar-refractivity contribution in [2.45, 2.75) is 19.8 Å². The number of rotatable bonds is 4. The second-order valence-electron chi connectivity index (χ2n) is 8.97. The van der Waals surface area contributed by atoms with Crippen molar-refractivity contribution in [3.63, 3.8) is 0 Å². The maximum atomic E-state index is 13.9. The fraction of sp³-hybridized carbons (Fsp3) is 0.440. The molecule has 2 fully saturated rings. The van der Waals surface area contributed by atoms with Crippen molar-refractivity contribution in [2.75, 3.05) is 56.5 Å². The van der Waals surface area contributed by atoms with Gasteiger partial charge in [0.15, 0.2) is 0 Å². The molecule has 0 spiro atoms. The van der Waals surface area contributed by atoms with Gasteiger partial charge in [-0.15, -0.1) is 0 Å². The van der Waals surface area contributed by atoms with Gasteiger partial charge in [-0.05, 0) is 62.7 Å². The number of piperidine rings is 1. The van der Waals surface area contributed by atoms with Crippen LogP contribution in [0.1, 0.15) is 28.8 Å². The molecule has 2 aromatic carbocycles. The summed E-state index contributed by atoms with van der Waals surface area (Å²) >= 11 is 0. The van der Waals surface area contributed by atoms with Crippen LogP contribution in [0.3, 0.4) is 0 Å². The molecule has 176 valence electrons. The summed E-state index contributed by atoms with van der Waals surface area (Å²) in [7, 11) is 2.13. The molecule has 2 amide bonds. The molecule has 8 heteroatoms. The lowest BCUT2D eigenvalue weighted by atomic mass is 9.95. The largest absolute Gasteiger partial charge is 0.369 e. The third-order valence-electron chi connectivity index (χ3n) is 6.62. The SMILES string of the molecule is Cc1cc(NC(=O)C2CCN(C(=O)c3ccc(F)cc3F)CC2)ccc1N1CCN(C)CC1. The first kappa shape index (κ1) is 23.2. The van der Waals surface area contributed by atoms with Crippen molar-refractivity contribution >= 4 is 23.2 Å². The van der Waals surface area contributed by atoms with E-state index in [-0.39, 0.29) is 17.4 Å². The molecule has 1 N–H and O–H groups in total. The topological polar surface area (TPSA) is 55.9 Å². The molecular formula is C25H30F2N4O2. The van der Waals surface area contributed by atoms with Gasteiger partial charge in [-0.2, -0.15) is 0 Å². The number of likely N-dealkylation sites (N-methyl/N-ethyl adjacent to an activating group) is 1. The third kappa shape index (κ3) is 5.33. The maximum absolute atomic E-state index is 13.9. The van der Waals surface area contributed by atoms with E-state index in [2.05, 4.69) is 35.2 Å². The Bertz CT molecular complexity index is 1030. The van der Waals surface area contributed by atoms with E-state index < -0.39 is 17.5 Å². The van der Waals surface area contributed by atoms with Crippen LogP contribution in [0.15, 0.2) is 36.4 Å². The number of anilines is 2. The van der Waals surface area contributed by atoms with Crippen LogP contribution in [0.4, 0.5) is 20.2 Å². The number of nitrogens with zero attached hydrogens (tertiary/aromatic N) is 3. The minimum Gasteiger partial charge on any atom is -0.369 e. The van der Waals surface area contributed by atoms with Crippen LogP contribution in [-0.2, 0) is 4.79 Å². The number of halogens is 2. The molecule has 0 aliphatic carbocycles. The Kier molecular flexibility index (Phi) is 6.93. The summed E-state index contributed by atoms with van der Waals surface area (Å²) in [5.41, 5.74) is 2.94. The fourth-order valence-electron chi connectivity index (χ4n) is 4.56. The molecule has 2 aliphatic rings. The number of hydrogen-bond acceptors (Lipinski definition) is 4. The molecular weight excluding hydrogens is 426 g/mol. The molecule has 33 heavy (non-hydrogen) atoms. The number of benzene rings is 2. The average molecular weight is 457 g/mol. The minimum absolute atomic E-state index is 0.0678. The molecule has 0 atom stereocenters. The minimum atomic E-state index is -0.866. The van der Waals surface area contributed by atoms with Gasteiger partial charge in [-0.1, -0.05) is 0 Å². The number of amides is 2. The van der Waals surface area contributed by atoms with Crippen molar-refractivity contribution in [3.05, 3.63) is 59.2 Å². The monoisotopic (exact) mass is 456 g/mol. The number of carbonyl (C=O) groups is 2. The van der Waals surface area contributed by atoms with Crippen LogP contribution in [0.2, 0.25) is 0 Å². The number of nitrogens with one attached hydrogen (secondary N) is 1. The van der Waals surface area contributed by atoms with E-state index >= 15 is 0 Å². The molecule has 2 aliphatic heterocycles. The van der Waals surface area contributed by atoms with Crippen molar-refractivity contribution < 1.29 is 18.4 Å². The lowest BCUT2D eigenvalue weighted by molar-refractivity contribution is -0.121. The predicted octanol–water partition coefficient (Wildman–Crippen LogP) is 3.52. The normalized spacial score (nSPS) is 17.8. The first-order valence-corrected chi connectivity index (χ1v) is 11.4. The molecule has 0 radical (unpaired) electrons. The van der Waals surface area contributed by atoms with Gasteiger partial charge >= 0.3 is 0 Å². The summed E-state index contributed by atoms with van der Waals surface area (Å²) in [6, 6.07) is 8.96. The number of aryl methyl sites for hydroxylation is 1. The van der Waals surface area contributed by atoms with Crippen molar-refractivity contribution in [3.8, 4) is 0 Å². The van der Waals surface area contributed by atoms with Crippen LogP contribution in [0, 0.1) is 24.5 Å². The molecule has 2 aromatic rings. The zero-order valence-corrected chi connectivity index (χ0v) is 19.1. The van der Waals surface area contributed by atoms with Crippen LogP contribution in [-0.4, -0.2) is 67.9 Å². The summed E-state index contributed by atoms with van der Waals surface area (Å²) < 4.78 is 27.1. The molecule has 4 rings (SSSR count). The second kappa shape index (κ2) is 9.87. The van der Waals surface area contributed by atoms with E-state index in [1.807, 2.05) is 12.1 Å². The molecule has 6 nitrogen and oxygen atoms in total. The Morgan fingerprint density at radius 3 is 2.27 bits per heavy atom. The Morgan fingerprint density at radius 1 is 0.939 bits per heavy atom. The van der Waals surface area contributed by atoms with Gasteiger partial charge in [0, 0.05) is 62.6 Å². The molecule has 2 heterocycles. The fourth-order valence-corrected chi connectivity index (χ4v) is 4.56. The summed E-state index contributed by atoms with van der Waals surface area (Å²) in [6.07, 6.45) is 0.998. The zero-order valence-electron chi connectivity index (χ0n) is 19.1. The molecule has 0 saturated carbocycles. The van der Waals surface area contributed by atoms with Crippen molar-refractivity contribution in [1.82, 2.24) is 9.80 Å². The Morgan fingerprint density at radius 2 is 1.64 bits per heavy atom. The van der Waals surface area contributed by atoms with Gasteiger partial charge in [0.25, 0.3) is 5.91 Å². The van der Waals surface area contributed by atoms with E-state index in [1.54, 1.807) is 0 Å². The van der Waals surface area contributed by atoms with Gasteiger partial charge in [0.2, 0.25) is 5.91 Å². The number of hydrogen-bond donors (Lipinski definition) is 1. The zero-order chi connectivity index (χ0) is 23.5. The standard InChI is InChI=1S/C25H30F2N4O2/c1-17-15-20(4-6-23(17)30-13-11-29(2)12-14-30)28-24(32)18-7-9-31(10-8-18)25(33)21-5-3-19(26)16-22(21)27/h3-6,15-16,18H,7-14H2,1-2H3,(H,28,32). The van der Waals surface area contributed by atoms with E-state index in [0.29, 0.717) is 32.0 Å². The summed E-state index contributed by atoms with van der Waals surface area (Å²) in [5.74, 6) is -2.34. The van der Waals surface area contributed by atoms with E-state index in [4.69, 9.17) is 0 Å². The third-order valence-corrected chi connectivity index (χ3v) is 6.62. The molecule has 0 unspecified atom stereocenters. The summed E-state index contributed by atoms with van der Waals surface area (Å²) in [6.45, 7) is 6.82. The van der Waals surface area contributed by atoms with Crippen LogP contribution in [0.25, 0.3) is 0 Å². The Labute approximate surface area is 193 Å². The van der Waals surface area contributed by atoms with Gasteiger partial charge < -0.3 is 20.0 Å². The molecule has 2 saturated heterocycles. The number of likely N-dealkylation sites (tertiary alicyclic amines) is 1. The Hall–Kier alpha value is -3.00. The maximum Gasteiger partial charge on any atom is 0.256 e. The predicted molar refractivity (Wildman–Crippen MR) is 125 cm³/mol. The van der Waals surface area contributed by atoms with E-state index in [9.17, 15) is 18.4 Å². The van der Waals surface area contributed by atoms with Gasteiger partial charge in [-0.25, -0.2) is 8.78 Å². The lowest BCUT2D eigenvalue weighted by Gasteiger charge is -2.35. The lowest BCUT2D eigenvalue weighted by Crippen LogP contribution is -2.44. The smallest absolute Gasteiger partial charge is 0.256 e. The first-order chi connectivity index (χ1) is 15.8. The van der Waals surface area contributed by atoms with Crippen molar-refractivity contribution in [1.29, 1.82) is 0 Å². The second-order valence-corrected chi connectivity index (χ2v) is 8.97. The van der Waals surface area contributed by atoms with E-state index in [0.717, 1.165) is 43.5 Å². The Balaban J connectivity index is 1.32. The van der Waals surface area contributed by atoms with Gasteiger partial charge in [0.05, 0.1) is 5.56 Å². The number of piperazine rings is 1. The number of carbonyl (C=O) groups excluding carboxylic acids is 2. The van der Waals surface area contributed by atoms with Crippen LogP contribution in [0.5, 0.6) is 0 Å². The summed E-state index contributed by atoms with van der Waals surface area (Å²) in [5, 5.41) is 3.01. The van der Waals surface area contributed by atoms with Crippen LogP contribution >= 0.6 is 0 Å². The van der Waals surface area contributed by atoms with E-state index in [1.165, 1.54) is 16.7 Å². The van der Waals surface area contributed by atoms with Crippen LogP contribution < -0.4 is 10.2 Å². The first-order valence-electron chi connectivity index (χ1n) is 11.4. The van der Waals surface area contributed by atoms with Crippen molar-refractivity contribution in [2.24, 2.45) is 5.92 Å². The molecule has 0 aromatic heterocycles. The quantitative estimate of drug-likeness (QED) is 0.765. The highest BCUT2D eigenvalue weighted by atomic mass is 19.1. The van der Waals surface area contributed by atoms with Gasteiger partial charge in [-0.3, -0.25) is 9.59 Å². The highest BCUT2D eigenvalue weighted by Crippen LogP contribution is 2.26. The average Bonchev–Trinajstić information content (AvgIpc) is 2.80. The highest BCUT2D eigenvalue weighted by molar-refractivity contribution is 5.95. The highest BCUT2D eigenvalue weighted by Gasteiger charge is 2.29. The molecule has 0 bridgehead atoms.